The molecule has 0 amide bonds. The Morgan fingerprint density at radius 3 is 1.42 bits per heavy atom. The van der Waals surface area contributed by atoms with Crippen LogP contribution in [0, 0.1) is 0 Å². The lowest BCUT2D eigenvalue weighted by Crippen LogP contribution is -2.33. The molecule has 0 radical (unpaired) electrons. The number of fused-ring (bicyclic) bond motifs is 11. The van der Waals surface area contributed by atoms with Crippen LogP contribution in [-0.2, 0) is 10.8 Å². The molecule has 0 aliphatic heterocycles. The van der Waals surface area contributed by atoms with Gasteiger partial charge in [0.1, 0.15) is 0 Å². The minimum Gasteiger partial charge on any atom is -0.309 e. The molecule has 7 aromatic carbocycles. The summed E-state index contributed by atoms with van der Waals surface area (Å²) in [6.07, 6.45) is 2.37. The minimum atomic E-state index is 0.101. The predicted molar refractivity (Wildman–Crippen MR) is 225 cm³/mol. The van der Waals surface area contributed by atoms with Crippen molar-refractivity contribution >= 4 is 65.4 Å². The highest BCUT2D eigenvalue weighted by Gasteiger charge is 2.38. The SMILES string of the molecule is CC1(C)CCC(C)(C)c2cc3c(cc21)c1c(ccc2c4ccccc4n(-c4ccc(-n5c6ccccc6c6ccccc65)cc4)c21)n3-c1ccccc1. The Labute approximate surface area is 309 Å². The largest absolute Gasteiger partial charge is 0.309 e. The van der Waals surface area contributed by atoms with Crippen molar-refractivity contribution < 1.29 is 0 Å². The van der Waals surface area contributed by atoms with E-state index in [0.717, 1.165) is 11.4 Å². The topological polar surface area (TPSA) is 14.8 Å². The molecular weight excluding hydrogens is 643 g/mol. The summed E-state index contributed by atoms with van der Waals surface area (Å²) in [5.74, 6) is 0. The second-order valence-electron chi connectivity index (χ2n) is 16.4. The zero-order valence-corrected chi connectivity index (χ0v) is 30.7. The van der Waals surface area contributed by atoms with Crippen LogP contribution in [0.2, 0.25) is 0 Å². The van der Waals surface area contributed by atoms with Gasteiger partial charge in [-0.2, -0.15) is 0 Å². The van der Waals surface area contributed by atoms with Gasteiger partial charge in [-0.3, -0.25) is 0 Å². The Kier molecular flexibility index (Phi) is 6.19. The van der Waals surface area contributed by atoms with Crippen molar-refractivity contribution in [2.24, 2.45) is 0 Å². The van der Waals surface area contributed by atoms with Gasteiger partial charge in [-0.15, -0.1) is 0 Å². The second-order valence-corrected chi connectivity index (χ2v) is 16.4. The molecule has 11 rings (SSSR count). The lowest BCUT2D eigenvalue weighted by atomic mass is 9.63. The van der Waals surface area contributed by atoms with E-state index < -0.39 is 0 Å². The second kappa shape index (κ2) is 10.7. The fourth-order valence-electron chi connectivity index (χ4n) is 9.69. The maximum Gasteiger partial charge on any atom is 0.0641 e. The first-order chi connectivity index (χ1) is 25.8. The first-order valence-corrected chi connectivity index (χ1v) is 19.0. The lowest BCUT2D eigenvalue weighted by molar-refractivity contribution is 0.332. The Morgan fingerprint density at radius 1 is 0.358 bits per heavy atom. The number of hydrogen-bond acceptors (Lipinski definition) is 0. The molecule has 3 aromatic heterocycles. The van der Waals surface area contributed by atoms with Crippen LogP contribution in [0.25, 0.3) is 82.5 Å². The van der Waals surface area contributed by atoms with Gasteiger partial charge >= 0.3 is 0 Å². The lowest BCUT2D eigenvalue weighted by Gasteiger charge is -2.42. The number of benzene rings is 7. The Balaban J connectivity index is 1.24. The third-order valence-electron chi connectivity index (χ3n) is 12.5. The molecule has 3 heterocycles. The van der Waals surface area contributed by atoms with E-state index in [1.807, 2.05) is 0 Å². The van der Waals surface area contributed by atoms with E-state index in [2.05, 4.69) is 193 Å². The molecule has 0 atom stereocenters. The van der Waals surface area contributed by atoms with E-state index in [1.54, 1.807) is 0 Å². The fourth-order valence-corrected chi connectivity index (χ4v) is 9.69. The zero-order chi connectivity index (χ0) is 35.6. The summed E-state index contributed by atoms with van der Waals surface area (Å²) >= 11 is 0. The standard InChI is InChI=1S/C50H41N3/c1-49(2)28-29-50(3,4)41-31-46-39(30-40(41)49)47-45(52(46)32-14-6-5-7-15-32)27-26-38-37-18-10-13-21-44(37)53(48(38)47)34-24-22-33(23-25-34)51-42-19-11-8-16-35(42)36-17-9-12-20-43(36)51/h5-27,30-31H,28-29H2,1-4H3. The van der Waals surface area contributed by atoms with Crippen molar-refractivity contribution in [3.63, 3.8) is 0 Å². The molecule has 0 fully saturated rings. The Hall–Kier alpha value is -6.06. The Bertz CT molecular complexity index is 3040. The molecule has 0 N–H and O–H groups in total. The van der Waals surface area contributed by atoms with E-state index in [0.29, 0.717) is 0 Å². The van der Waals surface area contributed by atoms with Crippen molar-refractivity contribution in [2.75, 3.05) is 0 Å². The number of nitrogens with zero attached hydrogens (tertiary/aromatic N) is 3. The molecule has 0 bridgehead atoms. The van der Waals surface area contributed by atoms with E-state index in [4.69, 9.17) is 0 Å². The van der Waals surface area contributed by atoms with Crippen LogP contribution in [0.3, 0.4) is 0 Å². The molecule has 256 valence electrons. The van der Waals surface area contributed by atoms with Crippen LogP contribution in [-0.4, -0.2) is 13.7 Å². The van der Waals surface area contributed by atoms with Crippen molar-refractivity contribution in [1.29, 1.82) is 0 Å². The molecule has 0 spiro atoms. The minimum absolute atomic E-state index is 0.101. The monoisotopic (exact) mass is 683 g/mol. The molecule has 53 heavy (non-hydrogen) atoms. The van der Waals surface area contributed by atoms with Crippen LogP contribution >= 0.6 is 0 Å². The first-order valence-electron chi connectivity index (χ1n) is 19.0. The van der Waals surface area contributed by atoms with Crippen molar-refractivity contribution in [2.45, 2.75) is 51.4 Å². The van der Waals surface area contributed by atoms with Gasteiger partial charge in [-0.1, -0.05) is 107 Å². The van der Waals surface area contributed by atoms with E-state index in [1.165, 1.54) is 95.1 Å². The molecule has 10 aromatic rings. The number of para-hydroxylation sites is 4. The van der Waals surface area contributed by atoms with E-state index >= 15 is 0 Å². The summed E-state index contributed by atoms with van der Waals surface area (Å²) in [6, 6.07) is 56.4. The number of rotatable bonds is 3. The van der Waals surface area contributed by atoms with E-state index in [9.17, 15) is 0 Å². The van der Waals surface area contributed by atoms with Crippen LogP contribution in [0.15, 0.2) is 152 Å². The summed E-state index contributed by atoms with van der Waals surface area (Å²) in [4.78, 5) is 0. The maximum absolute atomic E-state index is 2.57. The van der Waals surface area contributed by atoms with E-state index in [-0.39, 0.29) is 10.8 Å². The summed E-state index contributed by atoms with van der Waals surface area (Å²) in [7, 11) is 0. The number of hydrogen-bond donors (Lipinski definition) is 0. The predicted octanol–water partition coefficient (Wildman–Crippen LogP) is 13.3. The van der Waals surface area contributed by atoms with Crippen LogP contribution in [0.1, 0.15) is 51.7 Å². The zero-order valence-electron chi connectivity index (χ0n) is 30.7. The molecule has 0 unspecified atom stereocenters. The summed E-state index contributed by atoms with van der Waals surface area (Å²) in [5.41, 5.74) is 14.2. The van der Waals surface area contributed by atoms with Crippen molar-refractivity contribution in [3.05, 3.63) is 163 Å². The number of aromatic nitrogens is 3. The molecule has 3 nitrogen and oxygen atoms in total. The molecule has 3 heteroatoms. The smallest absolute Gasteiger partial charge is 0.0641 e. The first kappa shape index (κ1) is 30.6. The quantitative estimate of drug-likeness (QED) is 0.176. The van der Waals surface area contributed by atoms with Crippen LogP contribution < -0.4 is 0 Å². The highest BCUT2D eigenvalue weighted by Crippen LogP contribution is 2.50. The van der Waals surface area contributed by atoms with Crippen LogP contribution in [0.4, 0.5) is 0 Å². The van der Waals surface area contributed by atoms with Gasteiger partial charge in [-0.25, -0.2) is 0 Å². The van der Waals surface area contributed by atoms with Gasteiger partial charge in [0.25, 0.3) is 0 Å². The fraction of sp³-hybridized carbons (Fsp3) is 0.160. The van der Waals surface area contributed by atoms with Crippen molar-refractivity contribution in [1.82, 2.24) is 13.7 Å². The van der Waals surface area contributed by atoms with Gasteiger partial charge in [0.15, 0.2) is 0 Å². The van der Waals surface area contributed by atoms with Crippen LogP contribution in [0.5, 0.6) is 0 Å². The summed E-state index contributed by atoms with van der Waals surface area (Å²) in [6.45, 7) is 9.74. The van der Waals surface area contributed by atoms with Gasteiger partial charge in [0.05, 0.1) is 33.1 Å². The molecule has 1 aliphatic rings. The maximum atomic E-state index is 2.57. The third-order valence-corrected chi connectivity index (χ3v) is 12.5. The molecular formula is C50H41N3. The molecule has 0 saturated heterocycles. The average molecular weight is 684 g/mol. The third kappa shape index (κ3) is 4.22. The van der Waals surface area contributed by atoms with Gasteiger partial charge in [0.2, 0.25) is 0 Å². The molecule has 1 aliphatic carbocycles. The summed E-state index contributed by atoms with van der Waals surface area (Å²) in [5, 5.41) is 7.75. The molecule has 0 saturated carbocycles. The highest BCUT2D eigenvalue weighted by molar-refractivity contribution is 6.26. The average Bonchev–Trinajstić information content (AvgIpc) is 3.82. The summed E-state index contributed by atoms with van der Waals surface area (Å²) < 4.78 is 7.43. The normalized spacial score (nSPS) is 15.3. The van der Waals surface area contributed by atoms with Gasteiger partial charge < -0.3 is 13.7 Å². The highest BCUT2D eigenvalue weighted by atomic mass is 15.0. The van der Waals surface area contributed by atoms with Crippen molar-refractivity contribution in [3.8, 4) is 17.1 Å². The Morgan fingerprint density at radius 2 is 0.811 bits per heavy atom. The van der Waals surface area contributed by atoms with Gasteiger partial charge in [-0.05, 0) is 108 Å². The van der Waals surface area contributed by atoms with Gasteiger partial charge in [0, 0.05) is 49.4 Å².